The molecule has 0 saturated carbocycles. The summed E-state index contributed by atoms with van der Waals surface area (Å²) in [7, 11) is 1.89. The SMILES string of the molecule is Cc1nn(C)c(C)c1NC(=O)CN(Cc1cccs1)C[C@@H]1CCCO1. The van der Waals surface area contributed by atoms with Crippen molar-refractivity contribution in [2.45, 2.75) is 39.3 Å². The van der Waals surface area contributed by atoms with E-state index in [1.807, 2.05) is 27.0 Å². The van der Waals surface area contributed by atoms with Gasteiger partial charge in [-0.2, -0.15) is 5.10 Å². The number of carbonyl (C=O) groups excluding carboxylic acids is 1. The van der Waals surface area contributed by atoms with Crippen LogP contribution in [0.5, 0.6) is 0 Å². The molecule has 25 heavy (non-hydrogen) atoms. The second-order valence-corrected chi connectivity index (χ2v) is 7.63. The number of anilines is 1. The molecule has 0 bridgehead atoms. The fraction of sp³-hybridized carbons (Fsp3) is 0.556. The van der Waals surface area contributed by atoms with Gasteiger partial charge < -0.3 is 10.1 Å². The molecule has 0 unspecified atom stereocenters. The molecule has 7 heteroatoms. The maximum Gasteiger partial charge on any atom is 0.238 e. The van der Waals surface area contributed by atoms with Crippen LogP contribution >= 0.6 is 11.3 Å². The van der Waals surface area contributed by atoms with Gasteiger partial charge in [-0.3, -0.25) is 14.4 Å². The Labute approximate surface area is 152 Å². The zero-order chi connectivity index (χ0) is 17.8. The van der Waals surface area contributed by atoms with E-state index in [2.05, 4.69) is 26.8 Å². The Bertz CT molecular complexity index is 705. The highest BCUT2D eigenvalue weighted by Gasteiger charge is 2.22. The van der Waals surface area contributed by atoms with Gasteiger partial charge in [0.1, 0.15) is 0 Å². The van der Waals surface area contributed by atoms with Crippen molar-refractivity contribution >= 4 is 22.9 Å². The van der Waals surface area contributed by atoms with E-state index in [0.29, 0.717) is 6.54 Å². The molecule has 6 nitrogen and oxygen atoms in total. The molecule has 1 fully saturated rings. The number of thiophene rings is 1. The predicted molar refractivity (Wildman–Crippen MR) is 99.9 cm³/mol. The highest BCUT2D eigenvalue weighted by Crippen LogP contribution is 2.20. The van der Waals surface area contributed by atoms with Crippen LogP contribution in [0.1, 0.15) is 29.1 Å². The second-order valence-electron chi connectivity index (χ2n) is 6.60. The van der Waals surface area contributed by atoms with Gasteiger partial charge in [0.2, 0.25) is 5.91 Å². The molecule has 2 aromatic rings. The molecule has 3 heterocycles. The number of ether oxygens (including phenoxy) is 1. The summed E-state index contributed by atoms with van der Waals surface area (Å²) in [6, 6.07) is 4.16. The van der Waals surface area contributed by atoms with Gasteiger partial charge in [0.05, 0.1) is 29.7 Å². The Morgan fingerprint density at radius 2 is 2.36 bits per heavy atom. The summed E-state index contributed by atoms with van der Waals surface area (Å²) < 4.78 is 7.55. The van der Waals surface area contributed by atoms with Crippen LogP contribution < -0.4 is 5.32 Å². The first-order valence-electron chi connectivity index (χ1n) is 8.69. The Balaban J connectivity index is 1.64. The van der Waals surface area contributed by atoms with Crippen LogP contribution in [-0.2, 0) is 23.1 Å². The first-order valence-corrected chi connectivity index (χ1v) is 9.57. The van der Waals surface area contributed by atoms with Crippen LogP contribution in [0.4, 0.5) is 5.69 Å². The third kappa shape index (κ3) is 4.68. The van der Waals surface area contributed by atoms with Crippen LogP contribution in [0.3, 0.4) is 0 Å². The van der Waals surface area contributed by atoms with Crippen molar-refractivity contribution in [3.8, 4) is 0 Å². The van der Waals surface area contributed by atoms with Crippen molar-refractivity contribution < 1.29 is 9.53 Å². The topological polar surface area (TPSA) is 59.4 Å². The Kier molecular flexibility index (Phi) is 5.88. The summed E-state index contributed by atoms with van der Waals surface area (Å²) in [6.07, 6.45) is 2.41. The lowest BCUT2D eigenvalue weighted by molar-refractivity contribution is -0.117. The molecular weight excluding hydrogens is 336 g/mol. The molecule has 0 radical (unpaired) electrons. The summed E-state index contributed by atoms with van der Waals surface area (Å²) in [5, 5.41) is 9.46. The summed E-state index contributed by atoms with van der Waals surface area (Å²) in [6.45, 7) is 6.62. The standard InChI is InChI=1S/C18H26N4O2S/c1-13-18(14(2)21(3)20-13)19-17(23)12-22(10-15-6-4-8-24-15)11-16-7-5-9-25-16/h5,7,9,15H,4,6,8,10-12H2,1-3H3,(H,19,23)/t15-/m0/s1. The fourth-order valence-corrected chi connectivity index (χ4v) is 3.97. The molecular formula is C18H26N4O2S. The van der Waals surface area contributed by atoms with Crippen LogP contribution in [0.25, 0.3) is 0 Å². The zero-order valence-corrected chi connectivity index (χ0v) is 15.9. The van der Waals surface area contributed by atoms with Gasteiger partial charge >= 0.3 is 0 Å². The number of rotatable bonds is 7. The van der Waals surface area contributed by atoms with Crippen molar-refractivity contribution in [3.63, 3.8) is 0 Å². The monoisotopic (exact) mass is 362 g/mol. The van der Waals surface area contributed by atoms with Crippen LogP contribution in [-0.4, -0.2) is 46.4 Å². The summed E-state index contributed by atoms with van der Waals surface area (Å²) >= 11 is 1.72. The number of hydrogen-bond donors (Lipinski definition) is 1. The molecule has 3 rings (SSSR count). The van der Waals surface area contributed by atoms with Crippen molar-refractivity contribution in [1.82, 2.24) is 14.7 Å². The van der Waals surface area contributed by atoms with Crippen molar-refractivity contribution in [2.75, 3.05) is 25.0 Å². The van der Waals surface area contributed by atoms with Crippen molar-refractivity contribution in [3.05, 3.63) is 33.8 Å². The highest BCUT2D eigenvalue weighted by atomic mass is 32.1. The predicted octanol–water partition coefficient (Wildman–Crippen LogP) is 2.72. The third-order valence-corrected chi connectivity index (χ3v) is 5.45. The molecule has 1 saturated heterocycles. The van der Waals surface area contributed by atoms with E-state index in [4.69, 9.17) is 4.74 Å². The zero-order valence-electron chi connectivity index (χ0n) is 15.1. The minimum Gasteiger partial charge on any atom is -0.377 e. The Morgan fingerprint density at radius 3 is 2.96 bits per heavy atom. The van der Waals surface area contributed by atoms with Crippen LogP contribution in [0, 0.1) is 13.8 Å². The lowest BCUT2D eigenvalue weighted by Crippen LogP contribution is -2.37. The molecule has 0 aromatic carbocycles. The molecule has 136 valence electrons. The maximum absolute atomic E-state index is 12.6. The summed E-state index contributed by atoms with van der Waals surface area (Å²) in [4.78, 5) is 16.1. The number of aromatic nitrogens is 2. The molecule has 1 aliphatic rings. The summed E-state index contributed by atoms with van der Waals surface area (Å²) in [5.74, 6) is -0.00578. The fourth-order valence-electron chi connectivity index (χ4n) is 3.22. The van der Waals surface area contributed by atoms with Gasteiger partial charge in [-0.1, -0.05) is 6.07 Å². The van der Waals surface area contributed by atoms with E-state index in [9.17, 15) is 4.79 Å². The average molecular weight is 362 g/mol. The minimum atomic E-state index is -0.00578. The lowest BCUT2D eigenvalue weighted by atomic mass is 10.2. The molecule has 1 N–H and O–H groups in total. The molecule has 1 amide bonds. The molecule has 1 atom stereocenters. The van der Waals surface area contributed by atoms with Gasteiger partial charge in [-0.05, 0) is 38.1 Å². The van der Waals surface area contributed by atoms with Gasteiger partial charge in [0, 0.05) is 31.6 Å². The number of nitrogens with zero attached hydrogens (tertiary/aromatic N) is 3. The first-order chi connectivity index (χ1) is 12.0. The van der Waals surface area contributed by atoms with Gasteiger partial charge in [0.15, 0.2) is 0 Å². The van der Waals surface area contributed by atoms with Gasteiger partial charge in [0.25, 0.3) is 0 Å². The summed E-state index contributed by atoms with van der Waals surface area (Å²) in [5.41, 5.74) is 2.63. The van der Waals surface area contributed by atoms with E-state index >= 15 is 0 Å². The number of hydrogen-bond acceptors (Lipinski definition) is 5. The third-order valence-electron chi connectivity index (χ3n) is 4.59. The first kappa shape index (κ1) is 18.1. The van der Waals surface area contributed by atoms with Crippen LogP contribution in [0.2, 0.25) is 0 Å². The second kappa shape index (κ2) is 8.12. The van der Waals surface area contributed by atoms with E-state index in [-0.39, 0.29) is 12.0 Å². The van der Waals surface area contributed by atoms with Gasteiger partial charge in [-0.25, -0.2) is 0 Å². The van der Waals surface area contributed by atoms with E-state index in [1.54, 1.807) is 16.0 Å². The van der Waals surface area contributed by atoms with E-state index in [0.717, 1.165) is 49.6 Å². The highest BCUT2D eigenvalue weighted by molar-refractivity contribution is 7.09. The van der Waals surface area contributed by atoms with Gasteiger partial charge in [-0.15, -0.1) is 11.3 Å². The quantitative estimate of drug-likeness (QED) is 0.823. The molecule has 2 aromatic heterocycles. The van der Waals surface area contributed by atoms with Crippen molar-refractivity contribution in [1.29, 1.82) is 0 Å². The Morgan fingerprint density at radius 1 is 1.52 bits per heavy atom. The minimum absolute atomic E-state index is 0.00578. The normalized spacial score (nSPS) is 17.4. The average Bonchev–Trinajstić information content (AvgIpc) is 3.29. The number of carbonyl (C=O) groups is 1. The molecule has 0 spiro atoms. The number of nitrogens with one attached hydrogen (secondary N) is 1. The number of aryl methyl sites for hydroxylation is 2. The largest absolute Gasteiger partial charge is 0.377 e. The lowest BCUT2D eigenvalue weighted by Gasteiger charge is -2.24. The molecule has 0 aliphatic carbocycles. The Hall–Kier alpha value is -1.70. The van der Waals surface area contributed by atoms with Crippen LogP contribution in [0.15, 0.2) is 17.5 Å². The maximum atomic E-state index is 12.6. The van der Waals surface area contributed by atoms with E-state index < -0.39 is 0 Å². The van der Waals surface area contributed by atoms with Crippen molar-refractivity contribution in [2.24, 2.45) is 7.05 Å². The smallest absolute Gasteiger partial charge is 0.238 e. The molecule has 1 aliphatic heterocycles. The van der Waals surface area contributed by atoms with E-state index in [1.165, 1.54) is 4.88 Å². The number of amides is 1.